The summed E-state index contributed by atoms with van der Waals surface area (Å²) in [4.78, 5) is 15.8. The van der Waals surface area contributed by atoms with Crippen molar-refractivity contribution >= 4 is 11.9 Å². The first-order valence-corrected chi connectivity index (χ1v) is 7.41. The van der Waals surface area contributed by atoms with Crippen LogP contribution in [0.2, 0.25) is 0 Å². The maximum atomic E-state index is 11.7. The molecule has 1 fully saturated rings. The predicted octanol–water partition coefficient (Wildman–Crippen LogP) is 1.39. The van der Waals surface area contributed by atoms with E-state index in [0.717, 1.165) is 25.8 Å². The van der Waals surface area contributed by atoms with Gasteiger partial charge in [0.1, 0.15) is 6.54 Å². The lowest BCUT2D eigenvalue weighted by Crippen LogP contribution is -2.39. The van der Waals surface area contributed by atoms with E-state index in [-0.39, 0.29) is 12.5 Å². The van der Waals surface area contributed by atoms with Gasteiger partial charge in [-0.1, -0.05) is 33.1 Å². The third-order valence-electron chi connectivity index (χ3n) is 3.39. The van der Waals surface area contributed by atoms with Crippen molar-refractivity contribution < 1.29 is 4.79 Å². The molecule has 0 saturated heterocycles. The molecule has 0 atom stereocenters. The minimum atomic E-state index is -0.0273. The number of carbonyl (C=O) groups is 1. The Morgan fingerprint density at radius 2 is 2.00 bits per heavy atom. The van der Waals surface area contributed by atoms with Crippen LogP contribution in [-0.4, -0.2) is 31.0 Å². The SMILES string of the molecule is CC(C)CCNC(N)=NCC(=O)NC1CCCCC1. The summed E-state index contributed by atoms with van der Waals surface area (Å²) in [7, 11) is 0. The van der Waals surface area contributed by atoms with Crippen LogP contribution in [0.1, 0.15) is 52.4 Å². The van der Waals surface area contributed by atoms with Crippen molar-refractivity contribution in [3.8, 4) is 0 Å². The second kappa shape index (κ2) is 8.77. The van der Waals surface area contributed by atoms with Crippen molar-refractivity contribution in [3.05, 3.63) is 0 Å². The van der Waals surface area contributed by atoms with Gasteiger partial charge in [0.15, 0.2) is 5.96 Å². The molecule has 1 saturated carbocycles. The largest absolute Gasteiger partial charge is 0.370 e. The molecule has 1 amide bonds. The average Bonchev–Trinajstić information content (AvgIpc) is 2.37. The summed E-state index contributed by atoms with van der Waals surface area (Å²) < 4.78 is 0. The molecule has 1 rings (SSSR count). The third kappa shape index (κ3) is 7.70. The Bertz CT molecular complexity index is 296. The highest BCUT2D eigenvalue weighted by atomic mass is 16.1. The fraction of sp³-hybridized carbons (Fsp3) is 0.857. The Morgan fingerprint density at radius 1 is 1.32 bits per heavy atom. The number of hydrogen-bond donors (Lipinski definition) is 3. The van der Waals surface area contributed by atoms with Crippen LogP contribution in [0.15, 0.2) is 4.99 Å². The molecule has 0 aliphatic heterocycles. The van der Waals surface area contributed by atoms with Gasteiger partial charge in [-0.3, -0.25) is 4.79 Å². The maximum Gasteiger partial charge on any atom is 0.242 e. The Balaban J connectivity index is 2.16. The Labute approximate surface area is 116 Å². The summed E-state index contributed by atoms with van der Waals surface area (Å²) >= 11 is 0. The van der Waals surface area contributed by atoms with E-state index < -0.39 is 0 Å². The summed E-state index contributed by atoms with van der Waals surface area (Å²) in [6.07, 6.45) is 6.96. The van der Waals surface area contributed by atoms with Crippen molar-refractivity contribution in [1.29, 1.82) is 0 Å². The first-order chi connectivity index (χ1) is 9.08. The van der Waals surface area contributed by atoms with Crippen LogP contribution in [0, 0.1) is 5.92 Å². The standard InChI is InChI=1S/C14H28N4O/c1-11(2)8-9-16-14(15)17-10-13(19)18-12-6-4-3-5-7-12/h11-12H,3-10H2,1-2H3,(H,18,19)(H3,15,16,17). The topological polar surface area (TPSA) is 79.5 Å². The van der Waals surface area contributed by atoms with Crippen LogP contribution in [0.4, 0.5) is 0 Å². The van der Waals surface area contributed by atoms with Crippen molar-refractivity contribution in [2.45, 2.75) is 58.4 Å². The molecule has 5 nitrogen and oxygen atoms in total. The Morgan fingerprint density at radius 3 is 2.63 bits per heavy atom. The third-order valence-corrected chi connectivity index (χ3v) is 3.39. The molecule has 0 aromatic carbocycles. The molecule has 0 heterocycles. The molecular formula is C14H28N4O. The van der Waals surface area contributed by atoms with Gasteiger partial charge in [-0.05, 0) is 25.2 Å². The minimum absolute atomic E-state index is 0.0273. The molecule has 4 N–H and O–H groups in total. The summed E-state index contributed by atoms with van der Waals surface area (Å²) in [5.41, 5.74) is 5.70. The van der Waals surface area contributed by atoms with E-state index in [1.54, 1.807) is 0 Å². The van der Waals surface area contributed by atoms with Gasteiger partial charge in [0.2, 0.25) is 5.91 Å². The summed E-state index contributed by atoms with van der Waals surface area (Å²) in [5, 5.41) is 6.04. The first-order valence-electron chi connectivity index (χ1n) is 7.41. The van der Waals surface area contributed by atoms with Gasteiger partial charge in [0, 0.05) is 12.6 Å². The molecule has 0 bridgehead atoms. The fourth-order valence-corrected chi connectivity index (χ4v) is 2.22. The molecule has 1 aliphatic carbocycles. The number of rotatable bonds is 6. The molecule has 110 valence electrons. The van der Waals surface area contributed by atoms with Gasteiger partial charge >= 0.3 is 0 Å². The van der Waals surface area contributed by atoms with Crippen LogP contribution in [-0.2, 0) is 4.79 Å². The maximum absolute atomic E-state index is 11.7. The number of nitrogens with zero attached hydrogens (tertiary/aromatic N) is 1. The first kappa shape index (κ1) is 15.8. The molecule has 19 heavy (non-hydrogen) atoms. The van der Waals surface area contributed by atoms with E-state index in [1.807, 2.05) is 0 Å². The summed E-state index contributed by atoms with van der Waals surface area (Å²) in [6.45, 7) is 5.24. The van der Waals surface area contributed by atoms with Gasteiger partial charge in [0.05, 0.1) is 0 Å². The average molecular weight is 268 g/mol. The van der Waals surface area contributed by atoms with Crippen molar-refractivity contribution in [2.24, 2.45) is 16.6 Å². The minimum Gasteiger partial charge on any atom is -0.370 e. The highest BCUT2D eigenvalue weighted by molar-refractivity contribution is 5.84. The smallest absolute Gasteiger partial charge is 0.242 e. The van der Waals surface area contributed by atoms with Gasteiger partial charge in [-0.25, -0.2) is 4.99 Å². The number of nitrogens with one attached hydrogen (secondary N) is 2. The lowest BCUT2D eigenvalue weighted by Gasteiger charge is -2.22. The number of hydrogen-bond acceptors (Lipinski definition) is 2. The van der Waals surface area contributed by atoms with Crippen molar-refractivity contribution in [1.82, 2.24) is 10.6 Å². The predicted molar refractivity (Wildman–Crippen MR) is 79.0 cm³/mol. The number of guanidine groups is 1. The zero-order chi connectivity index (χ0) is 14.1. The lowest BCUT2D eigenvalue weighted by molar-refractivity contribution is -0.120. The fourth-order valence-electron chi connectivity index (χ4n) is 2.22. The lowest BCUT2D eigenvalue weighted by atomic mass is 9.95. The van der Waals surface area contributed by atoms with E-state index in [4.69, 9.17) is 5.73 Å². The number of nitrogens with two attached hydrogens (primary N) is 1. The molecule has 5 heteroatoms. The highest BCUT2D eigenvalue weighted by Crippen LogP contribution is 2.17. The summed E-state index contributed by atoms with van der Waals surface area (Å²) in [6, 6.07) is 0.339. The zero-order valence-corrected chi connectivity index (χ0v) is 12.2. The van der Waals surface area contributed by atoms with E-state index in [1.165, 1.54) is 19.3 Å². The van der Waals surface area contributed by atoms with Crippen LogP contribution in [0.5, 0.6) is 0 Å². The van der Waals surface area contributed by atoms with Crippen LogP contribution >= 0.6 is 0 Å². The molecule has 0 spiro atoms. The van der Waals surface area contributed by atoms with Gasteiger partial charge in [-0.2, -0.15) is 0 Å². The van der Waals surface area contributed by atoms with E-state index in [2.05, 4.69) is 29.5 Å². The molecular weight excluding hydrogens is 240 g/mol. The number of carbonyl (C=O) groups excluding carboxylic acids is 1. The molecule has 0 aromatic rings. The molecule has 0 radical (unpaired) electrons. The van der Waals surface area contributed by atoms with Gasteiger partial charge in [-0.15, -0.1) is 0 Å². The molecule has 1 aliphatic rings. The molecule has 0 unspecified atom stereocenters. The Hall–Kier alpha value is -1.26. The number of aliphatic imine (C=N–C) groups is 1. The van der Waals surface area contributed by atoms with E-state index in [9.17, 15) is 4.79 Å². The Kier molecular flexibility index (Phi) is 7.30. The second-order valence-corrected chi connectivity index (χ2v) is 5.71. The monoisotopic (exact) mass is 268 g/mol. The summed E-state index contributed by atoms with van der Waals surface area (Å²) in [5.74, 6) is 0.967. The van der Waals surface area contributed by atoms with E-state index >= 15 is 0 Å². The zero-order valence-electron chi connectivity index (χ0n) is 12.2. The highest BCUT2D eigenvalue weighted by Gasteiger charge is 2.15. The van der Waals surface area contributed by atoms with Crippen molar-refractivity contribution in [3.63, 3.8) is 0 Å². The van der Waals surface area contributed by atoms with E-state index in [0.29, 0.717) is 17.9 Å². The molecule has 0 aromatic heterocycles. The quantitative estimate of drug-likeness (QED) is 0.503. The number of amides is 1. The van der Waals surface area contributed by atoms with Crippen LogP contribution < -0.4 is 16.4 Å². The normalized spacial score (nSPS) is 17.5. The van der Waals surface area contributed by atoms with Crippen molar-refractivity contribution in [2.75, 3.05) is 13.1 Å². The van der Waals surface area contributed by atoms with Gasteiger partial charge < -0.3 is 16.4 Å². The van der Waals surface area contributed by atoms with Gasteiger partial charge in [0.25, 0.3) is 0 Å². The van der Waals surface area contributed by atoms with Crippen LogP contribution in [0.3, 0.4) is 0 Å². The van der Waals surface area contributed by atoms with Crippen LogP contribution in [0.25, 0.3) is 0 Å². The second-order valence-electron chi connectivity index (χ2n) is 5.71.